The Morgan fingerprint density at radius 2 is 1.87 bits per heavy atom. The van der Waals surface area contributed by atoms with E-state index in [0.717, 1.165) is 4.31 Å². The van der Waals surface area contributed by atoms with Gasteiger partial charge in [-0.25, -0.2) is 17.8 Å². The minimum Gasteiger partial charge on any atom is -0.497 e. The highest BCUT2D eigenvalue weighted by atomic mass is 32.2. The Hall–Kier alpha value is -3.06. The number of rotatable bonds is 16. The molecule has 0 aromatic heterocycles. The Kier molecular flexibility index (Phi) is 12.4. The van der Waals surface area contributed by atoms with Gasteiger partial charge in [0, 0.05) is 19.5 Å². The summed E-state index contributed by atoms with van der Waals surface area (Å²) in [6.45, 7) is 3.49. The summed E-state index contributed by atoms with van der Waals surface area (Å²) in [4.78, 5) is 33.2. The molecular formula is C31H42N3O11PS. The molecule has 47 heavy (non-hydrogen) atoms. The molecule has 258 valence electrons. The first-order valence-corrected chi connectivity index (χ1v) is 18.2. The molecule has 2 fully saturated rings. The summed E-state index contributed by atoms with van der Waals surface area (Å²) in [5.41, 5.74) is -0.0459. The normalized spacial score (nSPS) is 21.1. The number of amides is 1. The Bertz CT molecular complexity index is 1530. The summed E-state index contributed by atoms with van der Waals surface area (Å²) in [7, 11) is -8.10. The summed E-state index contributed by atoms with van der Waals surface area (Å²) in [6, 6.07) is 15.4. The number of nitrogens with one attached hydrogen (secondary N) is 1. The monoisotopic (exact) mass is 695 g/mol. The number of hydrogen-bond donors (Lipinski definition) is 3. The van der Waals surface area contributed by atoms with E-state index in [-0.39, 0.29) is 36.8 Å². The highest BCUT2D eigenvalue weighted by molar-refractivity contribution is 7.89. The van der Waals surface area contributed by atoms with Crippen molar-refractivity contribution in [1.29, 1.82) is 5.26 Å². The standard InChI is InChI=1S/C31H42N3O11PS/c1-31(2,15-7-16-32)21-34(47(39,40)24-12-10-23(41-3)11-13-24)19-27(45-46(36,37)38)26(18-22-8-5-4-6-9-22)33-30(35)44-28-20-43-29-25(28)14-17-42-29/h4-6,8-13,25-29H,7,14-15,17-21H2,1-3H3,(H,33,35)(H2,36,37,38)/t25?,26-,27?,28?,29?/m0/s1. The number of phosphoric acid groups is 1. The Labute approximate surface area is 275 Å². The van der Waals surface area contributed by atoms with Crippen LogP contribution in [0, 0.1) is 22.7 Å². The van der Waals surface area contributed by atoms with E-state index in [4.69, 9.17) is 23.5 Å². The molecule has 4 unspecified atom stereocenters. The van der Waals surface area contributed by atoms with Crippen LogP contribution < -0.4 is 10.1 Å². The average Bonchev–Trinajstić information content (AvgIpc) is 3.64. The number of carbonyl (C=O) groups excluding carboxylic acids is 1. The lowest BCUT2D eigenvalue weighted by atomic mass is 9.88. The Balaban J connectivity index is 1.69. The molecule has 14 nitrogen and oxygen atoms in total. The molecule has 2 aliphatic heterocycles. The van der Waals surface area contributed by atoms with E-state index in [9.17, 15) is 32.8 Å². The molecule has 0 bridgehead atoms. The number of sulfonamides is 1. The number of alkyl carbamates (subject to hydrolysis) is 1. The molecule has 2 aromatic carbocycles. The minimum absolute atomic E-state index is 0.0190. The van der Waals surface area contributed by atoms with Crippen molar-refractivity contribution in [3.05, 3.63) is 60.2 Å². The zero-order chi connectivity index (χ0) is 34.2. The number of methoxy groups -OCH3 is 1. The highest BCUT2D eigenvalue weighted by Gasteiger charge is 2.45. The molecule has 16 heteroatoms. The Morgan fingerprint density at radius 3 is 2.51 bits per heavy atom. The lowest BCUT2D eigenvalue weighted by molar-refractivity contribution is -0.0907. The zero-order valence-corrected chi connectivity index (χ0v) is 28.3. The minimum atomic E-state index is -5.24. The van der Waals surface area contributed by atoms with Gasteiger partial charge in [0.25, 0.3) is 0 Å². The predicted octanol–water partition coefficient (Wildman–Crippen LogP) is 3.59. The second kappa shape index (κ2) is 15.9. The van der Waals surface area contributed by atoms with E-state index in [2.05, 4.69) is 11.4 Å². The fourth-order valence-electron chi connectivity index (χ4n) is 5.72. The van der Waals surface area contributed by atoms with Crippen molar-refractivity contribution in [3.8, 4) is 11.8 Å². The molecule has 0 aliphatic carbocycles. The summed E-state index contributed by atoms with van der Waals surface area (Å²) in [5.74, 6) is 0.276. The third kappa shape index (κ3) is 10.5. The van der Waals surface area contributed by atoms with Gasteiger partial charge < -0.3 is 34.1 Å². The maximum Gasteiger partial charge on any atom is 0.469 e. The van der Waals surface area contributed by atoms with E-state index in [1.54, 1.807) is 44.2 Å². The number of nitriles is 1. The van der Waals surface area contributed by atoms with Crippen LogP contribution in [-0.2, 0) is 39.7 Å². The van der Waals surface area contributed by atoms with E-state index in [1.165, 1.54) is 31.4 Å². The summed E-state index contributed by atoms with van der Waals surface area (Å²) in [5, 5.41) is 11.9. The van der Waals surface area contributed by atoms with Crippen LogP contribution in [0.1, 0.15) is 38.7 Å². The van der Waals surface area contributed by atoms with Gasteiger partial charge >= 0.3 is 13.9 Å². The van der Waals surface area contributed by atoms with Crippen LogP contribution in [-0.4, -0.2) is 86.6 Å². The van der Waals surface area contributed by atoms with E-state index in [0.29, 0.717) is 30.8 Å². The molecule has 5 atom stereocenters. The van der Waals surface area contributed by atoms with Crippen molar-refractivity contribution in [2.24, 2.45) is 11.3 Å². The molecule has 2 saturated heterocycles. The molecule has 1 amide bonds. The van der Waals surface area contributed by atoms with Gasteiger partial charge in [0.15, 0.2) is 6.29 Å². The van der Waals surface area contributed by atoms with Crippen molar-refractivity contribution < 1.29 is 51.0 Å². The van der Waals surface area contributed by atoms with Gasteiger partial charge in [-0.2, -0.15) is 9.57 Å². The molecule has 3 N–H and O–H groups in total. The summed E-state index contributed by atoms with van der Waals surface area (Å²) < 4.78 is 69.0. The third-order valence-corrected chi connectivity index (χ3v) is 10.5. The fourth-order valence-corrected chi connectivity index (χ4v) is 7.93. The molecule has 0 radical (unpaired) electrons. The van der Waals surface area contributed by atoms with Crippen LogP contribution in [0.4, 0.5) is 4.79 Å². The van der Waals surface area contributed by atoms with Crippen LogP contribution in [0.5, 0.6) is 5.75 Å². The van der Waals surface area contributed by atoms with E-state index >= 15 is 0 Å². The molecule has 2 heterocycles. The van der Waals surface area contributed by atoms with Gasteiger partial charge in [0.05, 0.1) is 43.2 Å². The smallest absolute Gasteiger partial charge is 0.469 e. The first-order valence-electron chi connectivity index (χ1n) is 15.2. The summed E-state index contributed by atoms with van der Waals surface area (Å²) in [6.07, 6.45) is -2.35. The van der Waals surface area contributed by atoms with Crippen LogP contribution >= 0.6 is 7.82 Å². The Morgan fingerprint density at radius 1 is 1.17 bits per heavy atom. The van der Waals surface area contributed by atoms with Crippen LogP contribution in [0.2, 0.25) is 0 Å². The maximum atomic E-state index is 14.2. The lowest BCUT2D eigenvalue weighted by Gasteiger charge is -2.36. The third-order valence-electron chi connectivity index (χ3n) is 8.17. The number of phosphoric ester groups is 1. The predicted molar refractivity (Wildman–Crippen MR) is 168 cm³/mol. The van der Waals surface area contributed by atoms with Gasteiger partial charge in [0.1, 0.15) is 18.0 Å². The first kappa shape index (κ1) is 36.8. The van der Waals surface area contributed by atoms with Crippen molar-refractivity contribution >= 4 is 23.9 Å². The van der Waals surface area contributed by atoms with Crippen molar-refractivity contribution in [2.45, 2.75) is 69.0 Å². The average molecular weight is 696 g/mol. The van der Waals surface area contributed by atoms with Gasteiger partial charge in [-0.15, -0.1) is 0 Å². The zero-order valence-electron chi connectivity index (χ0n) is 26.6. The molecule has 0 spiro atoms. The van der Waals surface area contributed by atoms with Crippen molar-refractivity contribution in [2.75, 3.05) is 33.4 Å². The summed E-state index contributed by atoms with van der Waals surface area (Å²) >= 11 is 0. The molecule has 2 aliphatic rings. The van der Waals surface area contributed by atoms with E-state index in [1.807, 2.05) is 0 Å². The molecule has 4 rings (SSSR count). The van der Waals surface area contributed by atoms with Crippen molar-refractivity contribution in [3.63, 3.8) is 0 Å². The number of nitrogens with zero attached hydrogens (tertiary/aromatic N) is 2. The number of carbonyl (C=O) groups is 1. The van der Waals surface area contributed by atoms with Gasteiger partial charge in [0.2, 0.25) is 10.0 Å². The maximum absolute atomic E-state index is 14.2. The molecule has 2 aromatic rings. The van der Waals surface area contributed by atoms with Crippen molar-refractivity contribution in [1.82, 2.24) is 9.62 Å². The number of ether oxygens (including phenoxy) is 4. The quantitative estimate of drug-likeness (QED) is 0.217. The molecular weight excluding hydrogens is 653 g/mol. The number of fused-ring (bicyclic) bond motifs is 1. The second-order valence-electron chi connectivity index (χ2n) is 12.3. The lowest BCUT2D eigenvalue weighted by Crippen LogP contribution is -2.53. The highest BCUT2D eigenvalue weighted by Crippen LogP contribution is 2.40. The van der Waals surface area contributed by atoms with E-state index < -0.39 is 60.4 Å². The first-order chi connectivity index (χ1) is 22.2. The number of benzene rings is 2. The van der Waals surface area contributed by atoms with Gasteiger partial charge in [-0.3, -0.25) is 4.52 Å². The van der Waals surface area contributed by atoms with Gasteiger partial charge in [-0.1, -0.05) is 44.2 Å². The van der Waals surface area contributed by atoms with Crippen LogP contribution in [0.3, 0.4) is 0 Å². The largest absolute Gasteiger partial charge is 0.497 e. The second-order valence-corrected chi connectivity index (χ2v) is 15.5. The molecule has 0 saturated carbocycles. The fraction of sp³-hybridized carbons (Fsp3) is 0.548. The topological polar surface area (TPSA) is 194 Å². The number of hydrogen-bond acceptors (Lipinski definition) is 10. The van der Waals surface area contributed by atoms with Crippen LogP contribution in [0.15, 0.2) is 59.5 Å². The SMILES string of the molecule is COc1ccc(S(=O)(=O)N(CC(OP(=O)(O)O)[C@H](Cc2ccccc2)NC(=O)OC2COC3OCCC23)CC(C)(C)CCC#N)cc1. The van der Waals surface area contributed by atoms with Crippen LogP contribution in [0.25, 0.3) is 0 Å². The van der Waals surface area contributed by atoms with Gasteiger partial charge in [-0.05, 0) is 54.5 Å².